The summed E-state index contributed by atoms with van der Waals surface area (Å²) in [5.41, 5.74) is 1.77. The number of hydrogen-bond donors (Lipinski definition) is 0. The Kier molecular flexibility index (Phi) is 6.03. The number of thiophene rings is 1. The van der Waals surface area contributed by atoms with E-state index in [0.717, 1.165) is 27.6 Å². The van der Waals surface area contributed by atoms with Gasteiger partial charge in [-0.15, -0.1) is 22.7 Å². The van der Waals surface area contributed by atoms with Crippen LogP contribution < -0.4 is 0 Å². The highest BCUT2D eigenvalue weighted by atomic mass is 35.5. The van der Waals surface area contributed by atoms with Crippen LogP contribution in [0.5, 0.6) is 0 Å². The first-order valence-corrected chi connectivity index (χ1v) is 12.5. The highest BCUT2D eigenvalue weighted by Crippen LogP contribution is 2.29. The zero-order valence-electron chi connectivity index (χ0n) is 15.3. The van der Waals surface area contributed by atoms with Crippen LogP contribution in [-0.2, 0) is 21.2 Å². The van der Waals surface area contributed by atoms with Crippen molar-refractivity contribution in [3.8, 4) is 10.6 Å². The van der Waals surface area contributed by atoms with Gasteiger partial charge in [-0.05, 0) is 12.1 Å². The third-order valence-corrected chi connectivity index (χ3v) is 9.18. The first kappa shape index (κ1) is 20.5. The van der Waals surface area contributed by atoms with E-state index in [1.807, 2.05) is 35.7 Å². The van der Waals surface area contributed by atoms with E-state index in [1.165, 1.54) is 21.7 Å². The predicted octanol–water partition coefficient (Wildman–Crippen LogP) is 3.60. The average molecular weight is 468 g/mol. The summed E-state index contributed by atoms with van der Waals surface area (Å²) in [6, 6.07) is 12.9. The minimum Gasteiger partial charge on any atom is -0.340 e. The summed E-state index contributed by atoms with van der Waals surface area (Å²) in [6.07, 6.45) is 0.219. The number of piperazine rings is 1. The number of benzene rings is 1. The van der Waals surface area contributed by atoms with Crippen molar-refractivity contribution in [3.63, 3.8) is 0 Å². The molecule has 4 rings (SSSR count). The SMILES string of the molecule is O=C(Cc1csc(-c2ccccc2)n1)N1CCN(S(=O)(=O)c2ccc(Cl)s2)CC1. The highest BCUT2D eigenvalue weighted by Gasteiger charge is 2.31. The molecule has 0 unspecified atom stereocenters. The first-order valence-electron chi connectivity index (χ1n) is 8.96. The van der Waals surface area contributed by atoms with Gasteiger partial charge in [0.15, 0.2) is 0 Å². The molecule has 6 nitrogen and oxygen atoms in total. The fraction of sp³-hybridized carbons (Fsp3) is 0.263. The van der Waals surface area contributed by atoms with E-state index < -0.39 is 10.0 Å². The smallest absolute Gasteiger partial charge is 0.252 e. The fourth-order valence-electron chi connectivity index (χ4n) is 3.11. The maximum Gasteiger partial charge on any atom is 0.252 e. The van der Waals surface area contributed by atoms with Gasteiger partial charge in [-0.25, -0.2) is 13.4 Å². The molecule has 1 aromatic carbocycles. The lowest BCUT2D eigenvalue weighted by Gasteiger charge is -2.33. The lowest BCUT2D eigenvalue weighted by atomic mass is 10.2. The zero-order valence-corrected chi connectivity index (χ0v) is 18.5. The van der Waals surface area contributed by atoms with E-state index >= 15 is 0 Å². The van der Waals surface area contributed by atoms with Crippen molar-refractivity contribution in [2.75, 3.05) is 26.2 Å². The van der Waals surface area contributed by atoms with Gasteiger partial charge in [0.05, 0.1) is 16.5 Å². The first-order chi connectivity index (χ1) is 13.9. The molecule has 1 amide bonds. The summed E-state index contributed by atoms with van der Waals surface area (Å²) in [5, 5.41) is 2.79. The van der Waals surface area contributed by atoms with E-state index in [0.29, 0.717) is 17.4 Å². The van der Waals surface area contributed by atoms with Crippen molar-refractivity contribution in [3.05, 3.63) is 57.9 Å². The van der Waals surface area contributed by atoms with E-state index in [-0.39, 0.29) is 29.6 Å². The summed E-state index contributed by atoms with van der Waals surface area (Å²) in [5.74, 6) is -0.0360. The number of rotatable bonds is 5. The Bertz CT molecular complexity index is 1100. The van der Waals surface area contributed by atoms with Crippen LogP contribution in [-0.4, -0.2) is 54.7 Å². The van der Waals surface area contributed by atoms with Gasteiger partial charge in [-0.3, -0.25) is 4.79 Å². The molecular weight excluding hydrogens is 450 g/mol. The minimum absolute atomic E-state index is 0.0360. The van der Waals surface area contributed by atoms with Crippen LogP contribution in [0.3, 0.4) is 0 Å². The Morgan fingerprint density at radius 3 is 2.45 bits per heavy atom. The van der Waals surface area contributed by atoms with Gasteiger partial charge in [0.2, 0.25) is 5.91 Å². The second-order valence-electron chi connectivity index (χ2n) is 6.53. The predicted molar refractivity (Wildman–Crippen MR) is 116 cm³/mol. The van der Waals surface area contributed by atoms with Crippen LogP contribution in [0.15, 0.2) is 52.1 Å². The van der Waals surface area contributed by atoms with Crippen LogP contribution in [0.25, 0.3) is 10.6 Å². The summed E-state index contributed by atoms with van der Waals surface area (Å²) < 4.78 is 27.4. The molecule has 0 atom stereocenters. The molecule has 1 aliphatic heterocycles. The largest absolute Gasteiger partial charge is 0.340 e. The molecule has 10 heteroatoms. The van der Waals surface area contributed by atoms with Crippen LogP contribution >= 0.6 is 34.3 Å². The number of carbonyl (C=O) groups is 1. The number of thiazole rings is 1. The molecule has 1 saturated heterocycles. The monoisotopic (exact) mass is 467 g/mol. The maximum atomic E-state index is 12.7. The normalized spacial score (nSPS) is 15.6. The number of aromatic nitrogens is 1. The van der Waals surface area contributed by atoms with Crippen molar-refractivity contribution < 1.29 is 13.2 Å². The number of carbonyl (C=O) groups excluding carboxylic acids is 1. The number of halogens is 1. The average Bonchev–Trinajstić information content (AvgIpc) is 3.38. The van der Waals surface area contributed by atoms with Gasteiger partial charge in [0.1, 0.15) is 9.22 Å². The molecular formula is C19H18ClN3O3S3. The number of nitrogens with zero attached hydrogens (tertiary/aromatic N) is 3. The van der Waals surface area contributed by atoms with Gasteiger partial charge in [-0.2, -0.15) is 4.31 Å². The second kappa shape index (κ2) is 8.53. The van der Waals surface area contributed by atoms with Crippen LogP contribution in [0.4, 0.5) is 0 Å². The van der Waals surface area contributed by atoms with Gasteiger partial charge in [0, 0.05) is 37.1 Å². The molecule has 0 bridgehead atoms. The molecule has 0 N–H and O–H groups in total. The topological polar surface area (TPSA) is 70.6 Å². The van der Waals surface area contributed by atoms with Gasteiger partial charge in [0.25, 0.3) is 10.0 Å². The van der Waals surface area contributed by atoms with Gasteiger partial charge in [-0.1, -0.05) is 41.9 Å². The fourth-order valence-corrected chi connectivity index (χ4v) is 6.99. The van der Waals surface area contributed by atoms with Crippen LogP contribution in [0.2, 0.25) is 4.34 Å². The molecule has 0 aliphatic carbocycles. The Morgan fingerprint density at radius 1 is 1.07 bits per heavy atom. The van der Waals surface area contributed by atoms with Crippen LogP contribution in [0, 0.1) is 0 Å². The molecule has 0 spiro atoms. The van der Waals surface area contributed by atoms with E-state index in [9.17, 15) is 13.2 Å². The van der Waals surface area contributed by atoms with Crippen molar-refractivity contribution >= 4 is 50.2 Å². The molecule has 3 heterocycles. The van der Waals surface area contributed by atoms with Crippen molar-refractivity contribution in [1.29, 1.82) is 0 Å². The molecule has 29 heavy (non-hydrogen) atoms. The second-order valence-corrected chi connectivity index (χ2v) is 11.3. The van der Waals surface area contributed by atoms with Crippen molar-refractivity contribution in [1.82, 2.24) is 14.2 Å². The molecule has 0 radical (unpaired) electrons. The van der Waals surface area contributed by atoms with Gasteiger partial charge < -0.3 is 4.90 Å². The third-order valence-electron chi connectivity index (χ3n) is 4.64. The van der Waals surface area contributed by atoms with Crippen molar-refractivity contribution in [2.24, 2.45) is 0 Å². The molecule has 1 fully saturated rings. The maximum absolute atomic E-state index is 12.7. The summed E-state index contributed by atoms with van der Waals surface area (Å²) in [4.78, 5) is 18.9. The Labute approximate surface area is 182 Å². The molecule has 1 aliphatic rings. The molecule has 2 aromatic heterocycles. The quantitative estimate of drug-likeness (QED) is 0.574. The minimum atomic E-state index is -3.56. The Balaban J connectivity index is 1.35. The van der Waals surface area contributed by atoms with E-state index in [2.05, 4.69) is 4.98 Å². The molecule has 152 valence electrons. The lowest BCUT2D eigenvalue weighted by Crippen LogP contribution is -2.50. The Hall–Kier alpha value is -1.78. The Morgan fingerprint density at radius 2 is 1.79 bits per heavy atom. The lowest BCUT2D eigenvalue weighted by molar-refractivity contribution is -0.131. The summed E-state index contributed by atoms with van der Waals surface area (Å²) in [6.45, 7) is 1.28. The standard InChI is InChI=1S/C19H18ClN3O3S3/c20-16-6-7-18(28-16)29(25,26)23-10-8-22(9-11-23)17(24)12-15-13-27-19(21-15)14-4-2-1-3-5-14/h1-7,13H,8-12H2. The number of hydrogen-bond acceptors (Lipinski definition) is 6. The number of sulfonamides is 1. The van der Waals surface area contributed by atoms with Crippen molar-refractivity contribution in [2.45, 2.75) is 10.6 Å². The zero-order chi connectivity index (χ0) is 20.4. The van der Waals surface area contributed by atoms with E-state index in [1.54, 1.807) is 11.0 Å². The van der Waals surface area contributed by atoms with E-state index in [4.69, 9.17) is 11.6 Å². The summed E-state index contributed by atoms with van der Waals surface area (Å²) in [7, 11) is -3.56. The van der Waals surface area contributed by atoms with Gasteiger partial charge >= 0.3 is 0 Å². The third kappa shape index (κ3) is 4.54. The highest BCUT2D eigenvalue weighted by molar-refractivity contribution is 7.91. The number of amides is 1. The molecule has 3 aromatic rings. The molecule has 0 saturated carbocycles. The summed E-state index contributed by atoms with van der Waals surface area (Å²) >= 11 is 8.43. The van der Waals surface area contributed by atoms with Crippen LogP contribution in [0.1, 0.15) is 5.69 Å².